The minimum Gasteiger partial charge on any atom is -0.497 e. The maximum atomic E-state index is 6.26. The number of methoxy groups -OCH3 is 2. The molecule has 108 valence electrons. The summed E-state index contributed by atoms with van der Waals surface area (Å²) in [6.07, 6.45) is 1.69. The molecule has 0 spiro atoms. The molecular weight excluding hydrogens is 274 g/mol. The Morgan fingerprint density at radius 1 is 1.25 bits per heavy atom. The van der Waals surface area contributed by atoms with Crippen molar-refractivity contribution >= 4 is 11.8 Å². The zero-order valence-electron chi connectivity index (χ0n) is 11.9. The molecule has 0 fully saturated rings. The molecule has 2 rings (SSSR count). The van der Waals surface area contributed by atoms with Gasteiger partial charge in [-0.05, 0) is 19.1 Å². The molecule has 0 amide bonds. The lowest BCUT2D eigenvalue weighted by Gasteiger charge is -2.16. The van der Waals surface area contributed by atoms with Crippen LogP contribution in [0.15, 0.2) is 39.8 Å². The first-order chi connectivity index (χ1) is 9.65. The van der Waals surface area contributed by atoms with E-state index in [1.807, 2.05) is 31.2 Å². The zero-order valence-corrected chi connectivity index (χ0v) is 12.7. The molecule has 1 unspecified atom stereocenters. The Kier molecular flexibility index (Phi) is 4.98. The van der Waals surface area contributed by atoms with Crippen LogP contribution in [0.25, 0.3) is 0 Å². The van der Waals surface area contributed by atoms with Crippen LogP contribution in [-0.2, 0) is 0 Å². The number of hydrogen-bond donors (Lipinski definition) is 1. The lowest BCUT2D eigenvalue weighted by molar-refractivity contribution is 0.389. The number of aryl methyl sites for hydroxylation is 1. The van der Waals surface area contributed by atoms with E-state index < -0.39 is 0 Å². The van der Waals surface area contributed by atoms with Gasteiger partial charge in [-0.1, -0.05) is 6.07 Å². The van der Waals surface area contributed by atoms with Gasteiger partial charge in [0.1, 0.15) is 17.3 Å². The second-order valence-corrected chi connectivity index (χ2v) is 5.43. The smallest absolute Gasteiger partial charge is 0.127 e. The van der Waals surface area contributed by atoms with Crippen LogP contribution in [0.5, 0.6) is 11.5 Å². The Morgan fingerprint density at radius 3 is 2.65 bits per heavy atom. The summed E-state index contributed by atoms with van der Waals surface area (Å²) >= 11 is 1.68. The standard InChI is InChI=1S/C15H19NO3S/c1-10-15(6-7-19-10)20-9-13(16)12-5-4-11(17-2)8-14(12)18-3/h4-8,13H,9,16H2,1-3H3. The number of hydrogen-bond acceptors (Lipinski definition) is 5. The second kappa shape index (κ2) is 6.72. The normalized spacial score (nSPS) is 12.2. The summed E-state index contributed by atoms with van der Waals surface area (Å²) < 4.78 is 15.8. The van der Waals surface area contributed by atoms with Crippen LogP contribution >= 0.6 is 11.8 Å². The fourth-order valence-electron chi connectivity index (χ4n) is 1.92. The van der Waals surface area contributed by atoms with Crippen molar-refractivity contribution in [1.82, 2.24) is 0 Å². The number of thioether (sulfide) groups is 1. The van der Waals surface area contributed by atoms with E-state index in [0.29, 0.717) is 0 Å². The molecule has 2 N–H and O–H groups in total. The van der Waals surface area contributed by atoms with E-state index in [1.165, 1.54) is 0 Å². The van der Waals surface area contributed by atoms with Gasteiger partial charge in [0.05, 0.1) is 20.5 Å². The van der Waals surface area contributed by atoms with Crippen molar-refractivity contribution in [3.63, 3.8) is 0 Å². The maximum Gasteiger partial charge on any atom is 0.127 e. The number of ether oxygens (including phenoxy) is 2. The molecule has 0 saturated heterocycles. The van der Waals surface area contributed by atoms with Gasteiger partial charge in [-0.2, -0.15) is 0 Å². The first-order valence-corrected chi connectivity index (χ1v) is 7.28. The lowest BCUT2D eigenvalue weighted by atomic mass is 10.1. The highest BCUT2D eigenvalue weighted by molar-refractivity contribution is 7.99. The summed E-state index contributed by atoms with van der Waals surface area (Å²) in [5.74, 6) is 3.18. The molecule has 5 heteroatoms. The highest BCUT2D eigenvalue weighted by Gasteiger charge is 2.14. The fourth-order valence-corrected chi connectivity index (χ4v) is 2.86. The Balaban J connectivity index is 2.08. The molecule has 4 nitrogen and oxygen atoms in total. The summed E-state index contributed by atoms with van der Waals surface area (Å²) in [6.45, 7) is 1.95. The van der Waals surface area contributed by atoms with Crippen molar-refractivity contribution in [3.05, 3.63) is 41.9 Å². The van der Waals surface area contributed by atoms with E-state index in [1.54, 1.807) is 32.2 Å². The summed E-state index contributed by atoms with van der Waals surface area (Å²) in [7, 11) is 3.27. The van der Waals surface area contributed by atoms with Crippen molar-refractivity contribution < 1.29 is 13.9 Å². The quantitative estimate of drug-likeness (QED) is 0.827. The maximum absolute atomic E-state index is 6.26. The van der Waals surface area contributed by atoms with Crippen LogP contribution in [-0.4, -0.2) is 20.0 Å². The van der Waals surface area contributed by atoms with E-state index in [2.05, 4.69) is 0 Å². The average Bonchev–Trinajstić information content (AvgIpc) is 2.89. The van der Waals surface area contributed by atoms with Crippen LogP contribution in [0, 0.1) is 6.92 Å². The molecule has 1 aromatic carbocycles. The molecule has 1 aromatic heterocycles. The van der Waals surface area contributed by atoms with Gasteiger partial charge in [0.25, 0.3) is 0 Å². The van der Waals surface area contributed by atoms with Crippen molar-refractivity contribution in [3.8, 4) is 11.5 Å². The van der Waals surface area contributed by atoms with Crippen LogP contribution in [0.1, 0.15) is 17.4 Å². The largest absolute Gasteiger partial charge is 0.497 e. The van der Waals surface area contributed by atoms with Gasteiger partial charge >= 0.3 is 0 Å². The predicted molar refractivity (Wildman–Crippen MR) is 80.6 cm³/mol. The molecule has 0 saturated carbocycles. The minimum atomic E-state index is -0.116. The third kappa shape index (κ3) is 3.29. The van der Waals surface area contributed by atoms with E-state index >= 15 is 0 Å². The summed E-state index contributed by atoms with van der Waals surface area (Å²) in [6, 6.07) is 7.53. The molecule has 0 radical (unpaired) electrons. The van der Waals surface area contributed by atoms with Gasteiger partial charge in [-0.25, -0.2) is 0 Å². The van der Waals surface area contributed by atoms with Gasteiger partial charge in [0.2, 0.25) is 0 Å². The van der Waals surface area contributed by atoms with E-state index in [0.717, 1.165) is 33.5 Å². The lowest BCUT2D eigenvalue weighted by Crippen LogP contribution is -2.14. The molecule has 2 aromatic rings. The monoisotopic (exact) mass is 293 g/mol. The number of nitrogens with two attached hydrogens (primary N) is 1. The van der Waals surface area contributed by atoms with Gasteiger partial charge in [-0.15, -0.1) is 11.8 Å². The van der Waals surface area contributed by atoms with Crippen molar-refractivity contribution in [1.29, 1.82) is 0 Å². The van der Waals surface area contributed by atoms with Crippen LogP contribution in [0.4, 0.5) is 0 Å². The van der Waals surface area contributed by atoms with Crippen molar-refractivity contribution in [2.75, 3.05) is 20.0 Å². The number of benzene rings is 1. The molecule has 1 heterocycles. The number of furan rings is 1. The average molecular weight is 293 g/mol. The highest BCUT2D eigenvalue weighted by atomic mass is 32.2. The third-order valence-electron chi connectivity index (χ3n) is 3.07. The predicted octanol–water partition coefficient (Wildman–Crippen LogP) is 3.40. The Labute approximate surface area is 123 Å². The van der Waals surface area contributed by atoms with Gasteiger partial charge in [0.15, 0.2) is 0 Å². The highest BCUT2D eigenvalue weighted by Crippen LogP contribution is 2.32. The van der Waals surface area contributed by atoms with Crippen LogP contribution in [0.2, 0.25) is 0 Å². The molecule has 0 bridgehead atoms. The molecule has 0 aliphatic rings. The first-order valence-electron chi connectivity index (χ1n) is 6.30. The summed E-state index contributed by atoms with van der Waals surface area (Å²) in [5.41, 5.74) is 7.23. The SMILES string of the molecule is COc1ccc(C(N)CSc2ccoc2C)c(OC)c1. The summed E-state index contributed by atoms with van der Waals surface area (Å²) in [5, 5.41) is 0. The molecule has 20 heavy (non-hydrogen) atoms. The van der Waals surface area contributed by atoms with Crippen LogP contribution in [0.3, 0.4) is 0 Å². The van der Waals surface area contributed by atoms with Gasteiger partial charge in [0, 0.05) is 28.3 Å². The Bertz CT molecular complexity index is 568. The third-order valence-corrected chi connectivity index (χ3v) is 4.33. The Hall–Kier alpha value is -1.59. The topological polar surface area (TPSA) is 57.6 Å². The van der Waals surface area contributed by atoms with E-state index in [-0.39, 0.29) is 6.04 Å². The molecule has 0 aliphatic heterocycles. The summed E-state index contributed by atoms with van der Waals surface area (Å²) in [4.78, 5) is 1.12. The minimum absolute atomic E-state index is 0.116. The fraction of sp³-hybridized carbons (Fsp3) is 0.333. The first kappa shape index (κ1) is 14.8. The van der Waals surface area contributed by atoms with Crippen molar-refractivity contribution in [2.24, 2.45) is 5.73 Å². The zero-order chi connectivity index (χ0) is 14.5. The van der Waals surface area contributed by atoms with E-state index in [9.17, 15) is 0 Å². The van der Waals surface area contributed by atoms with E-state index in [4.69, 9.17) is 19.6 Å². The molecule has 1 atom stereocenters. The Morgan fingerprint density at radius 2 is 2.05 bits per heavy atom. The number of rotatable bonds is 6. The van der Waals surface area contributed by atoms with Crippen LogP contribution < -0.4 is 15.2 Å². The molecule has 0 aliphatic carbocycles. The van der Waals surface area contributed by atoms with Gasteiger partial charge < -0.3 is 19.6 Å². The second-order valence-electron chi connectivity index (χ2n) is 4.37. The van der Waals surface area contributed by atoms with Crippen molar-refractivity contribution in [2.45, 2.75) is 17.9 Å². The van der Waals surface area contributed by atoms with Gasteiger partial charge in [-0.3, -0.25) is 0 Å². The molecular formula is C15H19NO3S.